The first-order chi connectivity index (χ1) is 12.7. The smallest absolute Gasteiger partial charge is 0.430 e. The minimum absolute atomic E-state index is 0.0950. The molecule has 0 amide bonds. The Morgan fingerprint density at radius 2 is 1.85 bits per heavy atom. The Labute approximate surface area is 156 Å². The predicted octanol–water partition coefficient (Wildman–Crippen LogP) is 4.93. The maximum absolute atomic E-state index is 13.0. The van der Waals surface area contributed by atoms with Gasteiger partial charge in [-0.15, -0.1) is 0 Å². The van der Waals surface area contributed by atoms with Crippen molar-refractivity contribution in [1.82, 2.24) is 0 Å². The molecule has 2 aromatic carbocycles. The number of carboxylic acid groups (broad SMARTS) is 1. The molecule has 3 rings (SSSR count). The fourth-order valence-electron chi connectivity index (χ4n) is 2.51. The zero-order chi connectivity index (χ0) is 19.8. The van der Waals surface area contributed by atoms with Crippen LogP contribution in [0.1, 0.15) is 5.56 Å². The summed E-state index contributed by atoms with van der Waals surface area (Å²) in [6.07, 6.45) is -6.46. The van der Waals surface area contributed by atoms with Crippen molar-refractivity contribution in [3.63, 3.8) is 0 Å². The molecule has 0 radical (unpaired) electrons. The van der Waals surface area contributed by atoms with Crippen LogP contribution >= 0.6 is 11.6 Å². The van der Waals surface area contributed by atoms with Crippen LogP contribution in [0.4, 0.5) is 13.2 Å². The van der Waals surface area contributed by atoms with E-state index in [1.807, 2.05) is 0 Å². The number of methoxy groups -OCH3 is 1. The van der Waals surface area contributed by atoms with E-state index in [-0.39, 0.29) is 17.1 Å². The Kier molecular flexibility index (Phi) is 4.93. The van der Waals surface area contributed by atoms with E-state index in [1.54, 1.807) is 12.1 Å². The highest BCUT2D eigenvalue weighted by Crippen LogP contribution is 2.39. The topological polar surface area (TPSA) is 65.0 Å². The molecule has 1 N–H and O–H groups in total. The largest absolute Gasteiger partial charge is 0.495 e. The number of rotatable bonds is 4. The standard InChI is InChI=1S/C18H12ClF3O5/c1-25-15-5-3-11(8-13(15)19)26-10-2-4-14-9(6-10)7-12(17(23)24)16(27-14)18(20,21)22/h2-8,16H,1H3,(H,23,24). The van der Waals surface area contributed by atoms with Gasteiger partial charge in [0.15, 0.2) is 0 Å². The zero-order valence-corrected chi connectivity index (χ0v) is 14.5. The van der Waals surface area contributed by atoms with E-state index >= 15 is 0 Å². The van der Waals surface area contributed by atoms with E-state index in [2.05, 4.69) is 0 Å². The van der Waals surface area contributed by atoms with E-state index in [0.717, 1.165) is 6.08 Å². The number of carbonyl (C=O) groups is 1. The molecule has 142 valence electrons. The lowest BCUT2D eigenvalue weighted by atomic mass is 10.0. The summed E-state index contributed by atoms with van der Waals surface area (Å²) in [4.78, 5) is 11.2. The Bertz CT molecular complexity index is 924. The van der Waals surface area contributed by atoms with Crippen LogP contribution in [0.5, 0.6) is 23.0 Å². The maximum atomic E-state index is 13.0. The first-order valence-corrected chi connectivity index (χ1v) is 7.90. The minimum atomic E-state index is -4.85. The SMILES string of the molecule is COc1ccc(Oc2ccc3c(c2)C=C(C(=O)O)C(C(F)(F)F)O3)cc1Cl. The van der Waals surface area contributed by atoms with Gasteiger partial charge in [-0.1, -0.05) is 11.6 Å². The average Bonchev–Trinajstić information content (AvgIpc) is 2.60. The monoisotopic (exact) mass is 400 g/mol. The van der Waals surface area contributed by atoms with Crippen LogP contribution in [-0.2, 0) is 4.79 Å². The summed E-state index contributed by atoms with van der Waals surface area (Å²) in [7, 11) is 1.46. The second-order valence-electron chi connectivity index (χ2n) is 5.54. The van der Waals surface area contributed by atoms with Crippen molar-refractivity contribution in [2.75, 3.05) is 7.11 Å². The summed E-state index contributed by atoms with van der Waals surface area (Å²) >= 11 is 6.02. The Morgan fingerprint density at radius 3 is 2.44 bits per heavy atom. The van der Waals surface area contributed by atoms with Crippen LogP contribution in [0.25, 0.3) is 6.08 Å². The molecule has 0 saturated carbocycles. The molecule has 1 aliphatic rings. The van der Waals surface area contributed by atoms with Crippen molar-refractivity contribution in [2.45, 2.75) is 12.3 Å². The normalized spacial score (nSPS) is 16.0. The quantitative estimate of drug-likeness (QED) is 0.788. The third-order valence-electron chi connectivity index (χ3n) is 3.72. The summed E-state index contributed by atoms with van der Waals surface area (Å²) in [6.45, 7) is 0. The highest BCUT2D eigenvalue weighted by atomic mass is 35.5. The fourth-order valence-corrected chi connectivity index (χ4v) is 2.76. The third kappa shape index (κ3) is 3.95. The number of hydrogen-bond donors (Lipinski definition) is 1. The molecule has 0 aromatic heterocycles. The lowest BCUT2D eigenvalue weighted by molar-refractivity contribution is -0.187. The Hall–Kier alpha value is -2.87. The van der Waals surface area contributed by atoms with Gasteiger partial charge in [0.2, 0.25) is 6.10 Å². The van der Waals surface area contributed by atoms with Crippen LogP contribution in [0.3, 0.4) is 0 Å². The molecule has 27 heavy (non-hydrogen) atoms. The van der Waals surface area contributed by atoms with Crippen LogP contribution in [0.2, 0.25) is 5.02 Å². The molecule has 1 atom stereocenters. The van der Waals surface area contributed by atoms with E-state index in [0.29, 0.717) is 16.5 Å². The fraction of sp³-hybridized carbons (Fsp3) is 0.167. The highest BCUT2D eigenvalue weighted by Gasteiger charge is 2.48. The van der Waals surface area contributed by atoms with Crippen LogP contribution in [-0.4, -0.2) is 30.5 Å². The first-order valence-electron chi connectivity index (χ1n) is 7.52. The van der Waals surface area contributed by atoms with Gasteiger partial charge in [-0.2, -0.15) is 13.2 Å². The van der Waals surface area contributed by atoms with E-state index in [1.165, 1.54) is 31.4 Å². The van der Waals surface area contributed by atoms with Gasteiger partial charge < -0.3 is 19.3 Å². The summed E-state index contributed by atoms with van der Waals surface area (Å²) in [6, 6.07) is 8.76. The molecule has 0 aliphatic carbocycles. The Morgan fingerprint density at radius 1 is 1.19 bits per heavy atom. The maximum Gasteiger partial charge on any atom is 0.430 e. The zero-order valence-electron chi connectivity index (χ0n) is 13.7. The molecule has 2 aromatic rings. The minimum Gasteiger partial charge on any atom is -0.495 e. The molecule has 9 heteroatoms. The second kappa shape index (κ2) is 7.03. The molecule has 0 saturated heterocycles. The molecule has 5 nitrogen and oxygen atoms in total. The van der Waals surface area contributed by atoms with Gasteiger partial charge in [0.05, 0.1) is 17.7 Å². The molecule has 0 spiro atoms. The number of ether oxygens (including phenoxy) is 3. The molecular weight excluding hydrogens is 389 g/mol. The molecule has 0 fully saturated rings. The summed E-state index contributed by atoms with van der Waals surface area (Å²) in [5.74, 6) is -0.716. The molecular formula is C18H12ClF3O5. The van der Waals surface area contributed by atoms with Crippen molar-refractivity contribution in [1.29, 1.82) is 0 Å². The van der Waals surface area contributed by atoms with Crippen molar-refractivity contribution >= 4 is 23.6 Å². The summed E-state index contributed by atoms with van der Waals surface area (Å²) < 4.78 is 54.6. The van der Waals surface area contributed by atoms with Gasteiger partial charge >= 0.3 is 12.1 Å². The van der Waals surface area contributed by atoms with Gasteiger partial charge in [0.25, 0.3) is 0 Å². The number of halogens is 4. The number of fused-ring (bicyclic) bond motifs is 1. The van der Waals surface area contributed by atoms with Crippen LogP contribution in [0, 0.1) is 0 Å². The van der Waals surface area contributed by atoms with E-state index in [4.69, 9.17) is 30.9 Å². The molecule has 0 bridgehead atoms. The molecule has 1 unspecified atom stereocenters. The van der Waals surface area contributed by atoms with Crippen molar-refractivity contribution in [3.8, 4) is 23.0 Å². The van der Waals surface area contributed by atoms with Gasteiger partial charge in [-0.25, -0.2) is 4.79 Å². The third-order valence-corrected chi connectivity index (χ3v) is 4.02. The Balaban J connectivity index is 1.92. The lowest BCUT2D eigenvalue weighted by Crippen LogP contribution is -2.40. The van der Waals surface area contributed by atoms with Crippen molar-refractivity contribution in [3.05, 3.63) is 52.6 Å². The van der Waals surface area contributed by atoms with Gasteiger partial charge in [-0.05, 0) is 36.4 Å². The second-order valence-corrected chi connectivity index (χ2v) is 5.95. The highest BCUT2D eigenvalue weighted by molar-refractivity contribution is 6.32. The van der Waals surface area contributed by atoms with Gasteiger partial charge in [-0.3, -0.25) is 0 Å². The molecule has 1 heterocycles. The first kappa shape index (κ1) is 18.9. The number of benzene rings is 2. The van der Waals surface area contributed by atoms with E-state index in [9.17, 15) is 18.0 Å². The van der Waals surface area contributed by atoms with Crippen molar-refractivity contribution in [2.24, 2.45) is 0 Å². The van der Waals surface area contributed by atoms with Crippen LogP contribution < -0.4 is 14.2 Å². The van der Waals surface area contributed by atoms with Gasteiger partial charge in [0.1, 0.15) is 23.0 Å². The summed E-state index contributed by atoms with van der Waals surface area (Å²) in [5.41, 5.74) is -0.746. The van der Waals surface area contributed by atoms with Gasteiger partial charge in [0, 0.05) is 11.6 Å². The lowest BCUT2D eigenvalue weighted by Gasteiger charge is -2.27. The van der Waals surface area contributed by atoms with E-state index < -0.39 is 23.8 Å². The predicted molar refractivity (Wildman–Crippen MR) is 90.6 cm³/mol. The summed E-state index contributed by atoms with van der Waals surface area (Å²) in [5, 5.41) is 9.39. The number of aliphatic carboxylic acids is 1. The molecule has 1 aliphatic heterocycles. The number of alkyl halides is 3. The number of hydrogen-bond acceptors (Lipinski definition) is 4. The van der Waals surface area contributed by atoms with Crippen LogP contribution in [0.15, 0.2) is 42.0 Å². The van der Waals surface area contributed by atoms with Crippen molar-refractivity contribution < 1.29 is 37.3 Å². The number of carboxylic acids is 1. The average molecular weight is 401 g/mol.